The van der Waals surface area contributed by atoms with Gasteiger partial charge in [0.25, 0.3) is 0 Å². The smallest absolute Gasteiger partial charge is 0.231 e. The predicted molar refractivity (Wildman–Crippen MR) is 112 cm³/mol. The number of amides is 2. The number of aromatic nitrogens is 3. The first-order valence-electron chi connectivity index (χ1n) is 10.5. The lowest BCUT2D eigenvalue weighted by molar-refractivity contribution is -0.137. The predicted octanol–water partition coefficient (Wildman–Crippen LogP) is 2.54. The molecular weight excluding hydrogens is 378 g/mol. The highest BCUT2D eigenvalue weighted by Gasteiger charge is 2.51. The molecule has 0 aliphatic carbocycles. The van der Waals surface area contributed by atoms with Crippen molar-refractivity contribution >= 4 is 22.8 Å². The summed E-state index contributed by atoms with van der Waals surface area (Å²) in [5.41, 5.74) is 2.40. The van der Waals surface area contributed by atoms with Crippen molar-refractivity contribution in [2.45, 2.75) is 32.2 Å². The van der Waals surface area contributed by atoms with Crippen LogP contribution in [0, 0.1) is 5.41 Å². The van der Waals surface area contributed by atoms with Gasteiger partial charge >= 0.3 is 0 Å². The van der Waals surface area contributed by atoms with Gasteiger partial charge in [0.2, 0.25) is 11.8 Å². The number of rotatable bonds is 5. The number of benzene rings is 1. The van der Waals surface area contributed by atoms with Gasteiger partial charge in [-0.25, -0.2) is 4.98 Å². The van der Waals surface area contributed by atoms with Crippen molar-refractivity contribution in [2.24, 2.45) is 5.41 Å². The van der Waals surface area contributed by atoms with Crippen molar-refractivity contribution in [3.8, 4) is 0 Å². The SMILES string of the molecule is O=C(CCc1nc2ccccc2[nH]1)N1CCC2(CCN(Cc3ccccn3)C2=O)C1. The minimum atomic E-state index is -0.413. The van der Waals surface area contributed by atoms with Crippen LogP contribution < -0.4 is 0 Å². The highest BCUT2D eigenvalue weighted by atomic mass is 16.2. The van der Waals surface area contributed by atoms with Gasteiger partial charge in [0, 0.05) is 38.7 Å². The van der Waals surface area contributed by atoms with Crippen molar-refractivity contribution in [1.29, 1.82) is 0 Å². The van der Waals surface area contributed by atoms with Gasteiger partial charge in [-0.3, -0.25) is 14.6 Å². The average molecular weight is 403 g/mol. The summed E-state index contributed by atoms with van der Waals surface area (Å²) in [5.74, 6) is 1.10. The Labute approximate surface area is 175 Å². The van der Waals surface area contributed by atoms with E-state index in [0.29, 0.717) is 32.5 Å². The number of carbonyl (C=O) groups is 2. The molecule has 1 unspecified atom stereocenters. The van der Waals surface area contributed by atoms with Crippen molar-refractivity contribution in [3.63, 3.8) is 0 Å². The van der Waals surface area contributed by atoms with Gasteiger partial charge < -0.3 is 14.8 Å². The van der Waals surface area contributed by atoms with Gasteiger partial charge in [0.15, 0.2) is 0 Å². The van der Waals surface area contributed by atoms with Crippen LogP contribution in [0.25, 0.3) is 11.0 Å². The van der Waals surface area contributed by atoms with Gasteiger partial charge in [-0.2, -0.15) is 0 Å². The zero-order chi connectivity index (χ0) is 20.6. The van der Waals surface area contributed by atoms with Crippen LogP contribution in [-0.2, 0) is 22.6 Å². The lowest BCUT2D eigenvalue weighted by atomic mass is 9.85. The number of hydrogen-bond acceptors (Lipinski definition) is 4. The molecule has 7 heteroatoms. The molecule has 30 heavy (non-hydrogen) atoms. The zero-order valence-electron chi connectivity index (χ0n) is 16.9. The van der Waals surface area contributed by atoms with Gasteiger partial charge in [-0.05, 0) is 37.1 Å². The summed E-state index contributed by atoms with van der Waals surface area (Å²) in [6.07, 6.45) is 4.30. The van der Waals surface area contributed by atoms with Crippen molar-refractivity contribution in [3.05, 3.63) is 60.2 Å². The number of para-hydroxylation sites is 2. The van der Waals surface area contributed by atoms with E-state index in [4.69, 9.17) is 0 Å². The summed E-state index contributed by atoms with van der Waals surface area (Å²) >= 11 is 0. The summed E-state index contributed by atoms with van der Waals surface area (Å²) in [7, 11) is 0. The third kappa shape index (κ3) is 3.44. The topological polar surface area (TPSA) is 82.2 Å². The van der Waals surface area contributed by atoms with Gasteiger partial charge in [0.05, 0.1) is 28.7 Å². The van der Waals surface area contributed by atoms with Crippen LogP contribution in [0.5, 0.6) is 0 Å². The summed E-state index contributed by atoms with van der Waals surface area (Å²) in [5, 5.41) is 0. The summed E-state index contributed by atoms with van der Waals surface area (Å²) in [4.78, 5) is 41.9. The average Bonchev–Trinajstić information content (AvgIpc) is 3.47. The fourth-order valence-electron chi connectivity index (χ4n) is 4.70. The number of nitrogens with zero attached hydrogens (tertiary/aromatic N) is 4. The second-order valence-electron chi connectivity index (χ2n) is 8.34. The number of likely N-dealkylation sites (tertiary alicyclic amines) is 2. The molecule has 2 aliphatic heterocycles. The molecule has 7 nitrogen and oxygen atoms in total. The number of fused-ring (bicyclic) bond motifs is 1. The van der Waals surface area contributed by atoms with Crippen LogP contribution in [-0.4, -0.2) is 56.2 Å². The summed E-state index contributed by atoms with van der Waals surface area (Å²) in [6, 6.07) is 13.6. The van der Waals surface area contributed by atoms with E-state index < -0.39 is 5.41 Å². The Hall–Kier alpha value is -3.22. The Balaban J connectivity index is 1.19. The number of hydrogen-bond donors (Lipinski definition) is 1. The molecule has 1 N–H and O–H groups in total. The second kappa shape index (κ2) is 7.55. The van der Waals surface area contributed by atoms with Gasteiger partial charge in [0.1, 0.15) is 5.82 Å². The van der Waals surface area contributed by atoms with E-state index >= 15 is 0 Å². The number of aromatic amines is 1. The molecular formula is C23H25N5O2. The van der Waals surface area contributed by atoms with E-state index in [1.807, 2.05) is 52.3 Å². The Bertz CT molecular complexity index is 1050. The molecule has 5 rings (SSSR count). The van der Waals surface area contributed by atoms with Crippen LogP contribution in [0.2, 0.25) is 0 Å². The fraction of sp³-hybridized carbons (Fsp3) is 0.391. The Kier molecular flexibility index (Phi) is 4.73. The Morgan fingerprint density at radius 3 is 2.77 bits per heavy atom. The molecule has 0 bridgehead atoms. The maximum Gasteiger partial charge on any atom is 0.231 e. The highest BCUT2D eigenvalue weighted by molar-refractivity contribution is 5.87. The molecule has 1 atom stereocenters. The van der Waals surface area contributed by atoms with Gasteiger partial charge in [-0.1, -0.05) is 18.2 Å². The van der Waals surface area contributed by atoms with Crippen LogP contribution in [0.4, 0.5) is 0 Å². The van der Waals surface area contributed by atoms with Crippen molar-refractivity contribution in [2.75, 3.05) is 19.6 Å². The third-order valence-corrected chi connectivity index (χ3v) is 6.40. The van der Waals surface area contributed by atoms with E-state index in [-0.39, 0.29) is 11.8 Å². The monoisotopic (exact) mass is 403 g/mol. The van der Waals surface area contributed by atoms with E-state index in [1.54, 1.807) is 6.20 Å². The van der Waals surface area contributed by atoms with E-state index in [9.17, 15) is 9.59 Å². The molecule has 0 saturated carbocycles. The van der Waals surface area contributed by atoms with E-state index in [0.717, 1.165) is 41.9 Å². The molecule has 1 aromatic carbocycles. The maximum absolute atomic E-state index is 13.1. The molecule has 2 saturated heterocycles. The highest BCUT2D eigenvalue weighted by Crippen LogP contribution is 2.41. The minimum Gasteiger partial charge on any atom is -0.342 e. The van der Waals surface area contributed by atoms with Crippen LogP contribution in [0.3, 0.4) is 0 Å². The van der Waals surface area contributed by atoms with Crippen molar-refractivity contribution in [1.82, 2.24) is 24.8 Å². The molecule has 3 aromatic rings. The summed E-state index contributed by atoms with van der Waals surface area (Å²) < 4.78 is 0. The normalized spacial score (nSPS) is 21.3. The number of aryl methyl sites for hydroxylation is 1. The fourth-order valence-corrected chi connectivity index (χ4v) is 4.70. The van der Waals surface area contributed by atoms with Crippen LogP contribution in [0.1, 0.15) is 30.8 Å². The molecule has 154 valence electrons. The lowest BCUT2D eigenvalue weighted by Crippen LogP contribution is -2.38. The molecule has 0 radical (unpaired) electrons. The van der Waals surface area contributed by atoms with Gasteiger partial charge in [-0.15, -0.1) is 0 Å². The number of pyridine rings is 1. The number of H-pyrrole nitrogens is 1. The molecule has 1 spiro atoms. The van der Waals surface area contributed by atoms with E-state index in [2.05, 4.69) is 15.0 Å². The van der Waals surface area contributed by atoms with E-state index in [1.165, 1.54) is 0 Å². The Morgan fingerprint density at radius 1 is 1.10 bits per heavy atom. The molecule has 4 heterocycles. The van der Waals surface area contributed by atoms with Crippen molar-refractivity contribution < 1.29 is 9.59 Å². The first kappa shape index (κ1) is 18.8. The third-order valence-electron chi connectivity index (χ3n) is 6.40. The lowest BCUT2D eigenvalue weighted by Gasteiger charge is -2.23. The first-order valence-corrected chi connectivity index (χ1v) is 10.5. The largest absolute Gasteiger partial charge is 0.342 e. The summed E-state index contributed by atoms with van der Waals surface area (Å²) in [6.45, 7) is 2.46. The van der Waals surface area contributed by atoms with Crippen LogP contribution >= 0.6 is 0 Å². The number of nitrogens with one attached hydrogen (secondary N) is 1. The number of imidazole rings is 1. The second-order valence-corrected chi connectivity index (χ2v) is 8.34. The molecule has 2 fully saturated rings. The minimum absolute atomic E-state index is 0.100. The number of carbonyl (C=O) groups excluding carboxylic acids is 2. The zero-order valence-corrected chi connectivity index (χ0v) is 16.9. The quantitative estimate of drug-likeness (QED) is 0.710. The van der Waals surface area contributed by atoms with Crippen LogP contribution in [0.15, 0.2) is 48.7 Å². The molecule has 2 amide bonds. The Morgan fingerprint density at radius 2 is 1.93 bits per heavy atom. The first-order chi connectivity index (χ1) is 14.6. The maximum atomic E-state index is 13.1. The molecule has 2 aromatic heterocycles. The molecule has 2 aliphatic rings. The standard InChI is InChI=1S/C23H25N5O2/c29-21(9-8-20-25-18-6-1-2-7-19(18)26-20)28-14-11-23(16-28)10-13-27(22(23)30)15-17-5-3-4-12-24-17/h1-7,12H,8-11,13-16H2,(H,25,26).